The second-order valence-corrected chi connectivity index (χ2v) is 13.3. The Labute approximate surface area is 288 Å². The first-order chi connectivity index (χ1) is 23.5. The summed E-state index contributed by atoms with van der Waals surface area (Å²) < 4.78 is 11.0. The zero-order valence-electron chi connectivity index (χ0n) is 27.2. The number of nitrogens with one attached hydrogen (secondary N) is 1. The van der Waals surface area contributed by atoms with Crippen LogP contribution in [0.4, 0.5) is 0 Å². The van der Waals surface area contributed by atoms with E-state index < -0.39 is 66.2 Å². The van der Waals surface area contributed by atoms with Crippen LogP contribution in [0.15, 0.2) is 41.6 Å². The number of oxime groups is 1. The van der Waals surface area contributed by atoms with Crippen LogP contribution in [0.25, 0.3) is 0 Å². The molecule has 2 saturated heterocycles. The fourth-order valence-corrected chi connectivity index (χ4v) is 6.62. The maximum absolute atomic E-state index is 13.2. The van der Waals surface area contributed by atoms with Crippen LogP contribution in [0.1, 0.15) is 54.9 Å². The Kier molecular flexibility index (Phi) is 14.3. The molecule has 3 heterocycles. The Morgan fingerprint density at radius 3 is 2.55 bits per heavy atom. The van der Waals surface area contributed by atoms with Crippen molar-refractivity contribution in [1.29, 1.82) is 0 Å². The number of carbonyl (C=O) groups excluding carboxylic acids is 3. The van der Waals surface area contributed by atoms with Crippen LogP contribution in [0, 0.1) is 0 Å². The molecule has 16 heteroatoms. The van der Waals surface area contributed by atoms with Crippen molar-refractivity contribution in [1.82, 2.24) is 10.2 Å². The van der Waals surface area contributed by atoms with Gasteiger partial charge in [0, 0.05) is 32.0 Å². The second kappa shape index (κ2) is 18.4. The number of likely N-dealkylation sites (tertiary alicyclic amines) is 1. The van der Waals surface area contributed by atoms with E-state index in [4.69, 9.17) is 14.3 Å². The summed E-state index contributed by atoms with van der Waals surface area (Å²) in [5, 5.41) is 67.6. The van der Waals surface area contributed by atoms with Crippen LogP contribution >= 0.6 is 11.8 Å². The molecule has 0 aromatic heterocycles. The first kappa shape index (κ1) is 38.1. The predicted molar refractivity (Wildman–Crippen MR) is 178 cm³/mol. The number of aromatic hydroxyl groups is 2. The van der Waals surface area contributed by atoms with E-state index in [1.165, 1.54) is 6.07 Å². The third-order valence-electron chi connectivity index (χ3n) is 8.26. The van der Waals surface area contributed by atoms with Crippen LogP contribution in [0.5, 0.6) is 11.5 Å². The highest BCUT2D eigenvalue weighted by molar-refractivity contribution is 8.00. The summed E-state index contributed by atoms with van der Waals surface area (Å²) in [7, 11) is 0. The van der Waals surface area contributed by atoms with Crippen LogP contribution in [0.2, 0.25) is 0 Å². The lowest BCUT2D eigenvalue weighted by molar-refractivity contribution is -0.205. The van der Waals surface area contributed by atoms with Crippen molar-refractivity contribution in [2.75, 3.05) is 32.1 Å². The van der Waals surface area contributed by atoms with Gasteiger partial charge in [-0.15, -0.1) is 11.8 Å². The molecule has 270 valence electrons. The van der Waals surface area contributed by atoms with Gasteiger partial charge in [-0.1, -0.05) is 23.4 Å². The first-order valence-corrected chi connectivity index (χ1v) is 17.3. The average molecular weight is 708 g/mol. The number of aliphatic hydroxyl groups is 4. The molecule has 3 aliphatic rings. The maximum Gasteiger partial charge on any atom is 0.342 e. The van der Waals surface area contributed by atoms with Crippen molar-refractivity contribution < 1.29 is 59.3 Å². The molecular formula is C33H45N3O12S. The van der Waals surface area contributed by atoms with Crippen molar-refractivity contribution in [2.45, 2.75) is 87.4 Å². The van der Waals surface area contributed by atoms with Gasteiger partial charge in [-0.25, -0.2) is 4.79 Å². The van der Waals surface area contributed by atoms with Gasteiger partial charge in [0.15, 0.2) is 6.61 Å². The number of allylic oxidation sites excluding steroid dienone is 1. The molecule has 7 atom stereocenters. The fraction of sp³-hybridized carbons (Fsp3) is 0.576. The maximum atomic E-state index is 13.2. The summed E-state index contributed by atoms with van der Waals surface area (Å²) in [6.45, 7) is 2.07. The van der Waals surface area contributed by atoms with E-state index in [9.17, 15) is 45.0 Å². The number of carbonyl (C=O) groups is 3. The Morgan fingerprint density at radius 2 is 1.82 bits per heavy atom. The largest absolute Gasteiger partial charge is 0.508 e. The zero-order chi connectivity index (χ0) is 35.5. The second-order valence-electron chi connectivity index (χ2n) is 12.2. The topological polar surface area (TPSA) is 228 Å². The number of cyclic esters (lactones) is 1. The van der Waals surface area contributed by atoms with E-state index in [-0.39, 0.29) is 60.1 Å². The molecule has 0 spiro atoms. The number of phenolic OH excluding ortho intramolecular Hbond substituents is 2. The van der Waals surface area contributed by atoms with Gasteiger partial charge in [0.1, 0.15) is 53.0 Å². The molecule has 0 aliphatic carbocycles. The van der Waals surface area contributed by atoms with Gasteiger partial charge in [0.25, 0.3) is 5.91 Å². The minimum atomic E-state index is -1.56. The molecule has 1 aromatic rings. The molecule has 0 radical (unpaired) electrons. The van der Waals surface area contributed by atoms with Gasteiger partial charge in [0.05, 0.1) is 24.1 Å². The number of hydrogen-bond donors (Lipinski definition) is 7. The average Bonchev–Trinajstić information content (AvgIpc) is 3.06. The predicted octanol–water partition coefficient (Wildman–Crippen LogP) is 0.495. The van der Waals surface area contributed by atoms with Gasteiger partial charge < -0.3 is 55.2 Å². The number of thioether (sulfide) groups is 1. The van der Waals surface area contributed by atoms with Crippen LogP contribution in [-0.2, 0) is 30.3 Å². The van der Waals surface area contributed by atoms with Crippen LogP contribution in [0.3, 0.4) is 0 Å². The Morgan fingerprint density at radius 1 is 1.06 bits per heavy atom. The van der Waals surface area contributed by atoms with Gasteiger partial charge >= 0.3 is 5.97 Å². The van der Waals surface area contributed by atoms with E-state index in [0.29, 0.717) is 13.1 Å². The normalized spacial score (nSPS) is 30.4. The monoisotopic (exact) mass is 707 g/mol. The molecule has 2 fully saturated rings. The number of aliphatic hydroxyl groups excluding tert-OH is 4. The smallest absolute Gasteiger partial charge is 0.342 e. The van der Waals surface area contributed by atoms with Crippen molar-refractivity contribution in [3.63, 3.8) is 0 Å². The van der Waals surface area contributed by atoms with Gasteiger partial charge in [-0.3, -0.25) is 9.59 Å². The molecule has 49 heavy (non-hydrogen) atoms. The summed E-state index contributed by atoms with van der Waals surface area (Å²) in [5.41, 5.74) is -0.744. The number of esters is 1. The van der Waals surface area contributed by atoms with Crippen molar-refractivity contribution in [3.05, 3.63) is 47.6 Å². The number of piperidine rings is 1. The number of fused-ring (bicyclic) bond motifs is 1. The third-order valence-corrected chi connectivity index (χ3v) is 9.40. The molecule has 0 saturated carbocycles. The molecule has 2 unspecified atom stereocenters. The minimum Gasteiger partial charge on any atom is -0.508 e. The lowest BCUT2D eigenvalue weighted by Gasteiger charge is -2.39. The number of rotatable bonds is 8. The number of hydrogen-bond acceptors (Lipinski definition) is 14. The molecule has 1 aromatic carbocycles. The van der Waals surface area contributed by atoms with E-state index in [2.05, 4.69) is 10.5 Å². The summed E-state index contributed by atoms with van der Waals surface area (Å²) >= 11 is 0.900. The molecule has 2 amide bonds. The quantitative estimate of drug-likeness (QED) is 0.111. The standard InChI is InChI=1S/C33H45N3O12S/c1-19-7-5-8-21(34-26(40)18-49-33-31(44)30(43)29(42)25(16-37)48-33)9-6-10-22(35-46-17-27(41)36-11-3-2-4-12-36)13-20-14-23(38)15-24(39)28(20)32(45)47-19/h5-6,8,10,14-15,19,21,25,29-31,33,37-39,42-44H,2-4,7,9,11-13,16-18H2,1H3,(H,34,40)/b8-5+,10-6+,35-22-/t19-,21+,25-,29-,30?,31?,33+/m1/s1. The SMILES string of the molecule is C[C@@H]1C/C=C/[C@H](NC(=O)CS[C@@H]2O[C@H](CO)[C@@H](O)C(O)C2O)C/C=C/C(=N/OCC(=O)N2CCCCC2)Cc2cc(O)cc(O)c2C(=O)O1. The van der Waals surface area contributed by atoms with Gasteiger partial charge in [0.2, 0.25) is 5.91 Å². The minimum absolute atomic E-state index is 0.0855. The molecule has 3 aliphatic heterocycles. The van der Waals surface area contributed by atoms with E-state index in [1.807, 2.05) is 0 Å². The van der Waals surface area contributed by atoms with E-state index in [1.54, 1.807) is 36.1 Å². The molecule has 15 nitrogen and oxygen atoms in total. The van der Waals surface area contributed by atoms with Crippen LogP contribution < -0.4 is 5.32 Å². The summed E-state index contributed by atoms with van der Waals surface area (Å²) in [6.07, 6.45) is 3.85. The lowest BCUT2D eigenvalue weighted by atomic mass is 9.99. The first-order valence-electron chi connectivity index (χ1n) is 16.2. The number of amides is 2. The summed E-state index contributed by atoms with van der Waals surface area (Å²) in [6, 6.07) is 1.80. The highest BCUT2D eigenvalue weighted by atomic mass is 32.2. The molecule has 0 bridgehead atoms. The van der Waals surface area contributed by atoms with E-state index >= 15 is 0 Å². The van der Waals surface area contributed by atoms with Crippen LogP contribution in [-0.4, -0.2) is 133 Å². The highest BCUT2D eigenvalue weighted by Crippen LogP contribution is 2.30. The Bertz CT molecular complexity index is 1400. The summed E-state index contributed by atoms with van der Waals surface area (Å²) in [4.78, 5) is 45.9. The van der Waals surface area contributed by atoms with Crippen molar-refractivity contribution in [2.24, 2.45) is 5.16 Å². The van der Waals surface area contributed by atoms with Gasteiger partial charge in [-0.05, 0) is 50.3 Å². The number of nitrogens with zero attached hydrogens (tertiary/aromatic N) is 2. The number of phenols is 2. The number of benzene rings is 1. The molecular weight excluding hydrogens is 662 g/mol. The van der Waals surface area contributed by atoms with Crippen molar-refractivity contribution >= 4 is 35.3 Å². The summed E-state index contributed by atoms with van der Waals surface area (Å²) in [5.74, 6) is -2.39. The molecule has 4 rings (SSSR count). The third kappa shape index (κ3) is 10.9. The molecule has 7 N–H and O–H groups in total. The zero-order valence-corrected chi connectivity index (χ0v) is 28.0. The van der Waals surface area contributed by atoms with Gasteiger partial charge in [-0.2, -0.15) is 0 Å². The fourth-order valence-electron chi connectivity index (χ4n) is 5.64. The number of ether oxygens (including phenoxy) is 2. The van der Waals surface area contributed by atoms with Crippen molar-refractivity contribution in [3.8, 4) is 11.5 Å². The Hall–Kier alpha value is -3.67. The van der Waals surface area contributed by atoms with E-state index in [0.717, 1.165) is 37.1 Å². The highest BCUT2D eigenvalue weighted by Gasteiger charge is 2.43. The Balaban J connectivity index is 1.50. The lowest BCUT2D eigenvalue weighted by Crippen LogP contribution is -2.57.